The van der Waals surface area contributed by atoms with Crippen LogP contribution in [0, 0.1) is 11.6 Å². The Labute approximate surface area is 98.2 Å². The molecule has 0 aliphatic carbocycles. The number of benzene rings is 1. The molecule has 0 aliphatic rings. The predicted molar refractivity (Wildman–Crippen MR) is 62.9 cm³/mol. The van der Waals surface area contributed by atoms with Crippen molar-refractivity contribution in [2.45, 2.75) is 25.5 Å². The molecule has 0 atom stereocenters. The smallest absolute Gasteiger partial charge is 0.172 e. The summed E-state index contributed by atoms with van der Waals surface area (Å²) in [6.45, 7) is 5.95. The van der Waals surface area contributed by atoms with Gasteiger partial charge in [-0.3, -0.25) is 4.79 Å². The topological polar surface area (TPSA) is 17.1 Å². The second-order valence-corrected chi connectivity index (χ2v) is 6.28. The quantitative estimate of drug-likeness (QED) is 0.754. The van der Waals surface area contributed by atoms with Gasteiger partial charge in [-0.1, -0.05) is 20.8 Å². The maximum atomic E-state index is 12.9. The van der Waals surface area contributed by atoms with E-state index in [1.54, 1.807) is 0 Å². The Bertz CT molecular complexity index is 376. The van der Waals surface area contributed by atoms with E-state index in [1.807, 2.05) is 20.8 Å². The molecule has 1 nitrogen and oxygen atoms in total. The van der Waals surface area contributed by atoms with Crippen LogP contribution in [0.3, 0.4) is 0 Å². The first-order valence-corrected chi connectivity index (χ1v) is 5.90. The summed E-state index contributed by atoms with van der Waals surface area (Å²) in [5, 5.41) is 0. The Morgan fingerprint density at radius 3 is 2.12 bits per heavy atom. The number of thioether (sulfide) groups is 1. The van der Waals surface area contributed by atoms with Crippen molar-refractivity contribution in [3.63, 3.8) is 0 Å². The van der Waals surface area contributed by atoms with Gasteiger partial charge in [0.2, 0.25) is 0 Å². The molecular weight excluding hydrogens is 230 g/mol. The first kappa shape index (κ1) is 13.2. The molecule has 0 N–H and O–H groups in total. The van der Waals surface area contributed by atoms with Crippen LogP contribution in [0.4, 0.5) is 8.78 Å². The van der Waals surface area contributed by atoms with Crippen LogP contribution in [0.1, 0.15) is 31.1 Å². The summed E-state index contributed by atoms with van der Waals surface area (Å²) in [7, 11) is 0. The average Bonchev–Trinajstić information content (AvgIpc) is 2.11. The SMILES string of the molecule is CC(C)(C)SCC(=O)c1cc(F)cc(F)c1. The van der Waals surface area contributed by atoms with Gasteiger partial charge in [0.25, 0.3) is 0 Å². The third-order valence-electron chi connectivity index (χ3n) is 1.82. The number of rotatable bonds is 3. The summed E-state index contributed by atoms with van der Waals surface area (Å²) in [5.41, 5.74) is 0.0919. The monoisotopic (exact) mass is 244 g/mol. The van der Waals surface area contributed by atoms with Crippen LogP contribution in [-0.4, -0.2) is 16.3 Å². The normalized spacial score (nSPS) is 11.6. The molecule has 0 saturated heterocycles. The van der Waals surface area contributed by atoms with Gasteiger partial charge in [-0.25, -0.2) is 8.78 Å². The first-order valence-electron chi connectivity index (χ1n) is 4.91. The molecule has 0 fully saturated rings. The number of carbonyl (C=O) groups excluding carboxylic acids is 1. The molecule has 1 aromatic carbocycles. The Morgan fingerprint density at radius 1 is 1.19 bits per heavy atom. The van der Waals surface area contributed by atoms with E-state index in [0.29, 0.717) is 0 Å². The van der Waals surface area contributed by atoms with Crippen LogP contribution < -0.4 is 0 Å². The van der Waals surface area contributed by atoms with Crippen molar-refractivity contribution in [3.8, 4) is 0 Å². The third kappa shape index (κ3) is 4.31. The second kappa shape index (κ2) is 4.95. The maximum Gasteiger partial charge on any atom is 0.172 e. The number of hydrogen-bond donors (Lipinski definition) is 0. The lowest BCUT2D eigenvalue weighted by Crippen LogP contribution is -2.13. The van der Waals surface area contributed by atoms with Crippen LogP contribution >= 0.6 is 11.8 Å². The van der Waals surface area contributed by atoms with Gasteiger partial charge >= 0.3 is 0 Å². The first-order chi connectivity index (χ1) is 7.28. The molecule has 88 valence electrons. The van der Waals surface area contributed by atoms with Gasteiger partial charge < -0.3 is 0 Å². The second-order valence-electron chi connectivity index (χ2n) is 4.48. The molecule has 0 unspecified atom stereocenters. The number of Topliss-reactive ketones (excluding diaryl/α,β-unsaturated/α-hetero) is 1. The summed E-state index contributed by atoms with van der Waals surface area (Å²) in [6.07, 6.45) is 0. The van der Waals surface area contributed by atoms with Crippen molar-refractivity contribution in [2.75, 3.05) is 5.75 Å². The van der Waals surface area contributed by atoms with Crippen molar-refractivity contribution >= 4 is 17.5 Å². The summed E-state index contributed by atoms with van der Waals surface area (Å²) in [5.74, 6) is -1.46. The van der Waals surface area contributed by atoms with Crippen LogP contribution in [0.15, 0.2) is 18.2 Å². The largest absolute Gasteiger partial charge is 0.293 e. The van der Waals surface area contributed by atoms with Crippen molar-refractivity contribution in [2.24, 2.45) is 0 Å². The zero-order chi connectivity index (χ0) is 12.3. The van der Waals surface area contributed by atoms with Crippen molar-refractivity contribution < 1.29 is 13.6 Å². The number of halogens is 2. The van der Waals surface area contributed by atoms with Gasteiger partial charge in [-0.15, -0.1) is 11.8 Å². The average molecular weight is 244 g/mol. The lowest BCUT2D eigenvalue weighted by Gasteiger charge is -2.16. The van der Waals surface area contributed by atoms with E-state index in [0.717, 1.165) is 18.2 Å². The molecule has 0 heterocycles. The minimum absolute atomic E-state index is 0.0401. The van der Waals surface area contributed by atoms with Crippen LogP contribution in [0.25, 0.3) is 0 Å². The molecule has 0 bridgehead atoms. The fourth-order valence-electron chi connectivity index (χ4n) is 1.08. The van der Waals surface area contributed by atoms with E-state index < -0.39 is 11.6 Å². The van der Waals surface area contributed by atoms with Crippen molar-refractivity contribution in [1.29, 1.82) is 0 Å². The van der Waals surface area contributed by atoms with Crippen molar-refractivity contribution in [1.82, 2.24) is 0 Å². The van der Waals surface area contributed by atoms with Gasteiger partial charge in [0.1, 0.15) is 11.6 Å². The molecule has 0 aromatic heterocycles. The highest BCUT2D eigenvalue weighted by atomic mass is 32.2. The zero-order valence-corrected chi connectivity index (χ0v) is 10.3. The Balaban J connectivity index is 2.73. The van der Waals surface area contributed by atoms with Gasteiger partial charge in [0.15, 0.2) is 5.78 Å². The van der Waals surface area contributed by atoms with Gasteiger partial charge in [-0.2, -0.15) is 0 Å². The van der Waals surface area contributed by atoms with E-state index in [4.69, 9.17) is 0 Å². The molecule has 1 aromatic rings. The molecule has 1 rings (SSSR count). The van der Waals surface area contributed by atoms with Gasteiger partial charge in [0, 0.05) is 16.4 Å². The van der Waals surface area contributed by atoms with E-state index in [2.05, 4.69) is 0 Å². The van der Waals surface area contributed by atoms with Crippen LogP contribution in [-0.2, 0) is 0 Å². The number of ketones is 1. The van der Waals surface area contributed by atoms with Gasteiger partial charge in [0.05, 0.1) is 5.75 Å². The van der Waals surface area contributed by atoms with E-state index >= 15 is 0 Å². The molecule has 0 saturated carbocycles. The molecular formula is C12H14F2OS. The zero-order valence-electron chi connectivity index (χ0n) is 9.51. The summed E-state index contributed by atoms with van der Waals surface area (Å²) in [4.78, 5) is 11.6. The highest BCUT2D eigenvalue weighted by Crippen LogP contribution is 2.24. The lowest BCUT2D eigenvalue weighted by molar-refractivity contribution is 0.102. The fraction of sp³-hybridized carbons (Fsp3) is 0.417. The maximum absolute atomic E-state index is 12.9. The lowest BCUT2D eigenvalue weighted by atomic mass is 10.1. The van der Waals surface area contributed by atoms with Crippen LogP contribution in [0.2, 0.25) is 0 Å². The highest BCUT2D eigenvalue weighted by molar-refractivity contribution is 8.01. The van der Waals surface area contributed by atoms with E-state index in [1.165, 1.54) is 11.8 Å². The molecule has 0 amide bonds. The predicted octanol–water partition coefficient (Wildman–Crippen LogP) is 3.68. The molecule has 0 spiro atoms. The van der Waals surface area contributed by atoms with Gasteiger partial charge in [-0.05, 0) is 12.1 Å². The molecule has 0 aliphatic heterocycles. The number of hydrogen-bond acceptors (Lipinski definition) is 2. The minimum atomic E-state index is -0.718. The molecule has 0 radical (unpaired) electrons. The third-order valence-corrected chi connectivity index (χ3v) is 3.09. The Morgan fingerprint density at radius 2 is 1.69 bits per heavy atom. The molecule has 4 heteroatoms. The summed E-state index contributed by atoms with van der Waals surface area (Å²) >= 11 is 1.45. The summed E-state index contributed by atoms with van der Waals surface area (Å²) in [6, 6.07) is 2.89. The standard InChI is InChI=1S/C12H14F2OS/c1-12(2,3)16-7-11(15)8-4-9(13)6-10(14)5-8/h4-6H,7H2,1-3H3. The van der Waals surface area contributed by atoms with Crippen LogP contribution in [0.5, 0.6) is 0 Å². The Hall–Kier alpha value is -0.900. The van der Waals surface area contributed by atoms with E-state index in [-0.39, 0.29) is 21.8 Å². The molecule has 16 heavy (non-hydrogen) atoms. The fourth-order valence-corrected chi connectivity index (χ4v) is 1.81. The Kier molecular flexibility index (Phi) is 4.08. The summed E-state index contributed by atoms with van der Waals surface area (Å²) < 4.78 is 25.7. The number of carbonyl (C=O) groups is 1. The van der Waals surface area contributed by atoms with E-state index in [9.17, 15) is 13.6 Å². The van der Waals surface area contributed by atoms with Crippen molar-refractivity contribution in [3.05, 3.63) is 35.4 Å². The minimum Gasteiger partial charge on any atom is -0.293 e. The highest BCUT2D eigenvalue weighted by Gasteiger charge is 2.15.